The first-order valence-electron chi connectivity index (χ1n) is 4.01. The van der Waals surface area contributed by atoms with Gasteiger partial charge in [0.25, 0.3) is 0 Å². The van der Waals surface area contributed by atoms with E-state index >= 15 is 0 Å². The molecule has 1 aromatic carbocycles. The Bertz CT molecular complexity index is 532. The summed E-state index contributed by atoms with van der Waals surface area (Å²) >= 11 is 0. The third kappa shape index (κ3) is 234. The number of rotatable bonds is 0. The molecule has 0 atom stereocenters. The van der Waals surface area contributed by atoms with Crippen LogP contribution < -0.4 is 0 Å². The highest BCUT2D eigenvalue weighted by molar-refractivity contribution is 7.80. The lowest BCUT2D eigenvalue weighted by Gasteiger charge is -1.69. The molecule has 0 saturated carbocycles. The highest BCUT2D eigenvalue weighted by atomic mass is 32.3. The van der Waals surface area contributed by atoms with E-state index in [4.69, 9.17) is 38.9 Å². The molecule has 0 saturated heterocycles. The predicted octanol–water partition coefficient (Wildman–Crippen LogP) is 0.963. The van der Waals surface area contributed by atoms with Gasteiger partial charge in [0.15, 0.2) is 0 Å². The highest BCUT2D eigenvalue weighted by Gasteiger charge is 1.90. The second-order valence-electron chi connectivity index (χ2n) is 2.39. The molecule has 0 unspecified atom stereocenters. The fourth-order valence-electron chi connectivity index (χ4n) is 0.385. The lowest BCUT2D eigenvalue weighted by atomic mass is 10.4. The average Bonchev–Trinajstić information content (AvgIpc) is 2.12. The second kappa shape index (κ2) is 11.4. The van der Waals surface area contributed by atoms with Gasteiger partial charge in [-0.05, 0) is 0 Å². The van der Waals surface area contributed by atoms with Crippen molar-refractivity contribution in [1.82, 2.24) is 0 Å². The molecule has 1 aromatic rings. The van der Waals surface area contributed by atoms with Crippen molar-refractivity contribution in [3.8, 4) is 0 Å². The van der Waals surface area contributed by atoms with Gasteiger partial charge in [0, 0.05) is 0 Å². The molecule has 0 spiro atoms. The molecule has 0 bridgehead atoms. The SMILES string of the molecule is O=S(=O)(O)F.O=S(=O)(O)F.O=S(=O)(O)F.c1ccccc1. The molecule has 0 aliphatic heterocycles. The Labute approximate surface area is 119 Å². The van der Waals surface area contributed by atoms with Crippen LogP contribution in [0.15, 0.2) is 36.4 Å². The lowest BCUT2D eigenvalue weighted by molar-refractivity contribution is 0.432. The summed E-state index contributed by atoms with van der Waals surface area (Å²) in [4.78, 5) is 0. The highest BCUT2D eigenvalue weighted by Crippen LogP contribution is 1.80. The summed E-state index contributed by atoms with van der Waals surface area (Å²) in [6.07, 6.45) is 0. The summed E-state index contributed by atoms with van der Waals surface area (Å²) in [5.41, 5.74) is 0. The molecular formula is C6H9F3O9S3. The summed E-state index contributed by atoms with van der Waals surface area (Å²) in [7, 11) is -15.5. The summed E-state index contributed by atoms with van der Waals surface area (Å²) < 4.78 is 102. The molecule has 21 heavy (non-hydrogen) atoms. The van der Waals surface area contributed by atoms with Gasteiger partial charge in [-0.1, -0.05) is 48.1 Å². The van der Waals surface area contributed by atoms with Gasteiger partial charge in [0.1, 0.15) is 0 Å². The van der Waals surface area contributed by atoms with Crippen molar-refractivity contribution in [3.05, 3.63) is 36.4 Å². The van der Waals surface area contributed by atoms with Gasteiger partial charge in [0.05, 0.1) is 0 Å². The molecule has 0 fully saturated rings. The first kappa shape index (κ1) is 24.7. The maximum Gasteiger partial charge on any atom is 0.435 e. The van der Waals surface area contributed by atoms with Crippen molar-refractivity contribution in [2.45, 2.75) is 0 Å². The molecule has 0 amide bonds. The van der Waals surface area contributed by atoms with Crippen LogP contribution in [0.4, 0.5) is 11.7 Å². The fraction of sp³-hybridized carbons (Fsp3) is 0. The molecular weight excluding hydrogens is 369 g/mol. The Morgan fingerprint density at radius 3 is 0.571 bits per heavy atom. The predicted molar refractivity (Wildman–Crippen MR) is 64.4 cm³/mol. The fourth-order valence-corrected chi connectivity index (χ4v) is 0.385. The van der Waals surface area contributed by atoms with E-state index in [-0.39, 0.29) is 0 Å². The Hall–Kier alpha value is -1.26. The first-order chi connectivity index (χ1) is 9.00. The Morgan fingerprint density at radius 1 is 0.476 bits per heavy atom. The van der Waals surface area contributed by atoms with Crippen molar-refractivity contribution >= 4 is 31.5 Å². The van der Waals surface area contributed by atoms with Gasteiger partial charge in [-0.15, -0.1) is 0 Å². The van der Waals surface area contributed by atoms with Crippen LogP contribution in [-0.2, 0) is 31.5 Å². The monoisotopic (exact) mass is 378 g/mol. The topological polar surface area (TPSA) is 163 Å². The van der Waals surface area contributed by atoms with Gasteiger partial charge >= 0.3 is 31.5 Å². The molecule has 1 rings (SSSR count). The molecule has 0 radical (unpaired) electrons. The van der Waals surface area contributed by atoms with Gasteiger partial charge < -0.3 is 0 Å². The van der Waals surface area contributed by atoms with Crippen LogP contribution in [0.25, 0.3) is 0 Å². The van der Waals surface area contributed by atoms with Gasteiger partial charge in [0.2, 0.25) is 0 Å². The van der Waals surface area contributed by atoms with Crippen LogP contribution in [0.2, 0.25) is 0 Å². The van der Waals surface area contributed by atoms with Crippen molar-refractivity contribution in [2.24, 2.45) is 0 Å². The quantitative estimate of drug-likeness (QED) is 0.440. The van der Waals surface area contributed by atoms with E-state index in [0.29, 0.717) is 0 Å². The zero-order chi connectivity index (χ0) is 17.7. The molecule has 15 heteroatoms. The Morgan fingerprint density at radius 2 is 0.524 bits per heavy atom. The van der Waals surface area contributed by atoms with E-state index in [2.05, 4.69) is 0 Å². The standard InChI is InChI=1S/C6H6.3FHO3S/c1-2-4-6-5-3-1;3*1-5(2,3)4/h1-6H;3*(H,2,3,4). The lowest BCUT2D eigenvalue weighted by Crippen LogP contribution is -1.80. The third-order valence-electron chi connectivity index (χ3n) is 0.667. The zero-order valence-electron chi connectivity index (χ0n) is 9.61. The Kier molecular flexibility index (Phi) is 13.4. The summed E-state index contributed by atoms with van der Waals surface area (Å²) in [6.45, 7) is 0. The molecule has 0 aromatic heterocycles. The number of benzene rings is 1. The van der Waals surface area contributed by atoms with E-state index in [1.165, 1.54) is 0 Å². The normalized spacial score (nSPS) is 10.6. The molecule has 0 aliphatic rings. The van der Waals surface area contributed by atoms with E-state index in [1.807, 2.05) is 36.4 Å². The minimum Gasteiger partial charge on any atom is -0.260 e. The number of hydrogen-bond donors (Lipinski definition) is 3. The smallest absolute Gasteiger partial charge is 0.260 e. The molecule has 0 heterocycles. The van der Waals surface area contributed by atoms with Crippen LogP contribution in [0, 0.1) is 0 Å². The maximum absolute atomic E-state index is 10.2. The third-order valence-corrected chi connectivity index (χ3v) is 0.667. The molecule has 9 nitrogen and oxygen atoms in total. The number of hydrogen-bond acceptors (Lipinski definition) is 6. The number of halogens is 3. The first-order valence-corrected chi connectivity index (χ1v) is 8.03. The van der Waals surface area contributed by atoms with E-state index in [1.54, 1.807) is 0 Å². The summed E-state index contributed by atoms with van der Waals surface area (Å²) in [6, 6.07) is 12.0. The van der Waals surface area contributed by atoms with Crippen molar-refractivity contribution in [1.29, 1.82) is 0 Å². The van der Waals surface area contributed by atoms with Gasteiger partial charge in [-0.2, -0.15) is 25.3 Å². The minimum absolute atomic E-state index is 2.00. The van der Waals surface area contributed by atoms with E-state index < -0.39 is 31.5 Å². The average molecular weight is 378 g/mol. The van der Waals surface area contributed by atoms with Crippen molar-refractivity contribution in [3.63, 3.8) is 0 Å². The van der Waals surface area contributed by atoms with Gasteiger partial charge in [-0.25, -0.2) is 0 Å². The van der Waals surface area contributed by atoms with Crippen LogP contribution >= 0.6 is 0 Å². The molecule has 126 valence electrons. The Balaban J connectivity index is -0.000000207. The second-order valence-corrected chi connectivity index (χ2v) is 4.86. The largest absolute Gasteiger partial charge is 0.435 e. The molecule has 0 aliphatic carbocycles. The van der Waals surface area contributed by atoms with Crippen LogP contribution in [-0.4, -0.2) is 38.9 Å². The minimum atomic E-state index is -5.17. The van der Waals surface area contributed by atoms with Crippen LogP contribution in [0.5, 0.6) is 0 Å². The summed E-state index contributed by atoms with van der Waals surface area (Å²) in [5, 5.41) is 0. The van der Waals surface area contributed by atoms with Crippen LogP contribution in [0.1, 0.15) is 0 Å². The van der Waals surface area contributed by atoms with Crippen molar-refractivity contribution < 1.29 is 50.6 Å². The summed E-state index contributed by atoms with van der Waals surface area (Å²) in [5.74, 6) is 0. The van der Waals surface area contributed by atoms with E-state index in [9.17, 15) is 11.7 Å². The zero-order valence-corrected chi connectivity index (χ0v) is 12.1. The molecule has 3 N–H and O–H groups in total. The van der Waals surface area contributed by atoms with Crippen LogP contribution in [0.3, 0.4) is 0 Å². The van der Waals surface area contributed by atoms with Crippen molar-refractivity contribution in [2.75, 3.05) is 0 Å². The maximum atomic E-state index is 10.2. The van der Waals surface area contributed by atoms with E-state index in [0.717, 1.165) is 0 Å². The van der Waals surface area contributed by atoms with Gasteiger partial charge in [-0.3, -0.25) is 13.7 Å².